The number of rotatable bonds is 4. The lowest BCUT2D eigenvalue weighted by Gasteiger charge is -2.21. The van der Waals surface area contributed by atoms with Gasteiger partial charge in [0.2, 0.25) is 0 Å². The number of carbonyl (C=O) groups is 1. The van der Waals surface area contributed by atoms with Gasteiger partial charge in [-0.3, -0.25) is 4.79 Å². The van der Waals surface area contributed by atoms with Gasteiger partial charge in [0.15, 0.2) is 5.03 Å². The Hall–Kier alpha value is -2.98. The summed E-state index contributed by atoms with van der Waals surface area (Å²) in [5, 5.41) is 4.23. The van der Waals surface area contributed by atoms with E-state index < -0.39 is 10.0 Å². The molecule has 2 aromatic heterocycles. The molecule has 1 saturated heterocycles. The second kappa shape index (κ2) is 7.80. The van der Waals surface area contributed by atoms with Gasteiger partial charge in [0.25, 0.3) is 15.9 Å². The highest BCUT2D eigenvalue weighted by molar-refractivity contribution is 7.89. The summed E-state index contributed by atoms with van der Waals surface area (Å²) in [6.07, 6.45) is 7.02. The van der Waals surface area contributed by atoms with Crippen molar-refractivity contribution in [3.8, 4) is 5.69 Å². The third-order valence-electron chi connectivity index (χ3n) is 4.89. The van der Waals surface area contributed by atoms with E-state index in [2.05, 4.69) is 10.1 Å². The van der Waals surface area contributed by atoms with E-state index in [0.717, 1.165) is 5.69 Å². The molecule has 10 heteroatoms. The van der Waals surface area contributed by atoms with Crippen molar-refractivity contribution in [2.45, 2.75) is 11.4 Å². The molecule has 1 amide bonds. The van der Waals surface area contributed by atoms with E-state index in [0.29, 0.717) is 31.6 Å². The summed E-state index contributed by atoms with van der Waals surface area (Å²) in [5.74, 6) is -0.115. The molecule has 0 spiro atoms. The number of amides is 1. The minimum absolute atomic E-state index is 0.0340. The van der Waals surface area contributed by atoms with E-state index in [9.17, 15) is 13.2 Å². The first-order valence-corrected chi connectivity index (χ1v) is 10.8. The Morgan fingerprint density at radius 2 is 1.97 bits per heavy atom. The third kappa shape index (κ3) is 3.94. The van der Waals surface area contributed by atoms with Crippen molar-refractivity contribution in [1.29, 1.82) is 0 Å². The number of hydrogen-bond donors (Lipinski definition) is 0. The third-order valence-corrected chi connectivity index (χ3v) is 6.67. The van der Waals surface area contributed by atoms with Gasteiger partial charge in [-0.05, 0) is 30.7 Å². The van der Waals surface area contributed by atoms with Crippen LogP contribution in [0.25, 0.3) is 5.69 Å². The summed E-state index contributed by atoms with van der Waals surface area (Å²) in [6.45, 7) is 1.43. The van der Waals surface area contributed by atoms with Crippen LogP contribution in [-0.4, -0.2) is 69.0 Å². The Bertz CT molecular complexity index is 1110. The van der Waals surface area contributed by atoms with Gasteiger partial charge in [0, 0.05) is 57.4 Å². The second-order valence-corrected chi connectivity index (χ2v) is 8.81. The van der Waals surface area contributed by atoms with Crippen LogP contribution in [-0.2, 0) is 17.1 Å². The predicted octanol–water partition coefficient (Wildman–Crippen LogP) is 1.14. The van der Waals surface area contributed by atoms with Gasteiger partial charge in [-0.15, -0.1) is 0 Å². The monoisotopic (exact) mass is 414 g/mol. The lowest BCUT2D eigenvalue weighted by Crippen LogP contribution is -2.37. The van der Waals surface area contributed by atoms with Crippen molar-refractivity contribution < 1.29 is 13.2 Å². The first kappa shape index (κ1) is 19.3. The van der Waals surface area contributed by atoms with Crippen LogP contribution < -0.4 is 0 Å². The molecule has 0 bridgehead atoms. The van der Waals surface area contributed by atoms with Crippen LogP contribution >= 0.6 is 0 Å². The van der Waals surface area contributed by atoms with Gasteiger partial charge in [0.1, 0.15) is 0 Å². The largest absolute Gasteiger partial charge is 0.339 e. The van der Waals surface area contributed by atoms with Crippen LogP contribution in [0, 0.1) is 0 Å². The molecule has 1 fully saturated rings. The summed E-state index contributed by atoms with van der Waals surface area (Å²) in [7, 11) is -1.93. The number of hydrogen-bond acceptors (Lipinski definition) is 5. The molecule has 1 aliphatic heterocycles. The van der Waals surface area contributed by atoms with E-state index in [1.165, 1.54) is 16.8 Å². The standard InChI is InChI=1S/C19H22N6O3S/c1-22-14-18(20-15-22)29(27,28)24-9-4-8-23(11-12-24)19(26)16-5-2-6-17(13-16)25-10-3-7-21-25/h2-3,5-7,10,13-15H,4,8-9,11-12H2,1H3. The van der Waals surface area contributed by atoms with Crippen LogP contribution in [0.2, 0.25) is 0 Å². The first-order chi connectivity index (χ1) is 13.9. The van der Waals surface area contributed by atoms with Crippen molar-refractivity contribution in [3.63, 3.8) is 0 Å². The number of imidazole rings is 1. The molecule has 0 radical (unpaired) electrons. The molecule has 0 N–H and O–H groups in total. The van der Waals surface area contributed by atoms with Gasteiger partial charge >= 0.3 is 0 Å². The average molecular weight is 414 g/mol. The Kier molecular flexibility index (Phi) is 5.20. The lowest BCUT2D eigenvalue weighted by atomic mass is 10.1. The van der Waals surface area contributed by atoms with Gasteiger partial charge < -0.3 is 9.47 Å². The van der Waals surface area contributed by atoms with Crippen LogP contribution in [0.4, 0.5) is 0 Å². The van der Waals surface area contributed by atoms with Crippen molar-refractivity contribution in [1.82, 2.24) is 28.5 Å². The highest BCUT2D eigenvalue weighted by Gasteiger charge is 2.30. The zero-order valence-electron chi connectivity index (χ0n) is 16.0. The molecular weight excluding hydrogens is 392 g/mol. The Morgan fingerprint density at radius 3 is 2.69 bits per heavy atom. The number of carbonyl (C=O) groups excluding carboxylic acids is 1. The molecule has 1 aliphatic rings. The lowest BCUT2D eigenvalue weighted by molar-refractivity contribution is 0.0764. The molecule has 9 nitrogen and oxygen atoms in total. The number of sulfonamides is 1. The van der Waals surface area contributed by atoms with Crippen molar-refractivity contribution in [2.75, 3.05) is 26.2 Å². The average Bonchev–Trinajstić information content (AvgIpc) is 3.34. The Labute approximate surface area is 169 Å². The summed E-state index contributed by atoms with van der Waals surface area (Å²) in [5.41, 5.74) is 1.36. The minimum atomic E-state index is -3.66. The van der Waals surface area contributed by atoms with E-state index in [-0.39, 0.29) is 17.5 Å². The number of benzene rings is 1. The van der Waals surface area contributed by atoms with Crippen LogP contribution in [0.5, 0.6) is 0 Å². The summed E-state index contributed by atoms with van der Waals surface area (Å²) >= 11 is 0. The SMILES string of the molecule is Cn1cnc(S(=O)(=O)N2CCCN(C(=O)c3cccc(-n4cccn4)c3)CC2)c1. The van der Waals surface area contributed by atoms with Crippen LogP contribution in [0.3, 0.4) is 0 Å². The molecular formula is C19H22N6O3S. The fraction of sp³-hybridized carbons (Fsp3) is 0.316. The van der Waals surface area contributed by atoms with Crippen molar-refractivity contribution >= 4 is 15.9 Å². The molecule has 0 unspecified atom stereocenters. The normalized spacial score (nSPS) is 16.0. The van der Waals surface area contributed by atoms with Crippen molar-refractivity contribution in [3.05, 3.63) is 60.8 Å². The molecule has 0 saturated carbocycles. The zero-order valence-corrected chi connectivity index (χ0v) is 16.9. The topological polar surface area (TPSA) is 93.3 Å². The molecule has 0 atom stereocenters. The Morgan fingerprint density at radius 1 is 1.10 bits per heavy atom. The first-order valence-electron chi connectivity index (χ1n) is 9.32. The summed E-state index contributed by atoms with van der Waals surface area (Å²) in [4.78, 5) is 18.7. The molecule has 4 rings (SSSR count). The zero-order chi connectivity index (χ0) is 20.4. The van der Waals surface area contributed by atoms with E-state index in [1.807, 2.05) is 24.4 Å². The molecule has 3 aromatic rings. The van der Waals surface area contributed by atoms with Crippen molar-refractivity contribution in [2.24, 2.45) is 7.05 Å². The second-order valence-electron chi connectivity index (χ2n) is 6.93. The van der Waals surface area contributed by atoms with Gasteiger partial charge in [0.05, 0.1) is 12.0 Å². The van der Waals surface area contributed by atoms with Crippen LogP contribution in [0.1, 0.15) is 16.8 Å². The molecule has 29 heavy (non-hydrogen) atoms. The number of nitrogens with zero attached hydrogens (tertiary/aromatic N) is 6. The van der Waals surface area contributed by atoms with Crippen LogP contribution in [0.15, 0.2) is 60.3 Å². The molecule has 3 heterocycles. The number of aryl methyl sites for hydroxylation is 1. The maximum Gasteiger partial charge on any atom is 0.262 e. The smallest absolute Gasteiger partial charge is 0.262 e. The highest BCUT2D eigenvalue weighted by Crippen LogP contribution is 2.18. The summed E-state index contributed by atoms with van der Waals surface area (Å²) in [6, 6.07) is 9.08. The molecule has 152 valence electrons. The van der Waals surface area contributed by atoms with Gasteiger partial charge in [-0.25, -0.2) is 18.1 Å². The van der Waals surface area contributed by atoms with E-state index in [4.69, 9.17) is 0 Å². The predicted molar refractivity (Wildman–Crippen MR) is 106 cm³/mol. The maximum atomic E-state index is 13.0. The number of aromatic nitrogens is 4. The van der Waals surface area contributed by atoms with E-state index in [1.54, 1.807) is 39.5 Å². The minimum Gasteiger partial charge on any atom is -0.339 e. The molecule has 1 aromatic carbocycles. The fourth-order valence-corrected chi connectivity index (χ4v) is 4.81. The highest BCUT2D eigenvalue weighted by atomic mass is 32.2. The van der Waals surface area contributed by atoms with Gasteiger partial charge in [-0.1, -0.05) is 6.07 Å². The van der Waals surface area contributed by atoms with Gasteiger partial charge in [-0.2, -0.15) is 9.40 Å². The van der Waals surface area contributed by atoms with E-state index >= 15 is 0 Å². The maximum absolute atomic E-state index is 13.0. The fourth-order valence-electron chi connectivity index (χ4n) is 3.38. The quantitative estimate of drug-likeness (QED) is 0.638. The Balaban J connectivity index is 1.49. The molecule has 0 aliphatic carbocycles. The summed E-state index contributed by atoms with van der Waals surface area (Å²) < 4.78 is 30.3.